The number of methoxy groups -OCH3 is 1. The van der Waals surface area contributed by atoms with Crippen LogP contribution in [0.2, 0.25) is 5.02 Å². The number of benzene rings is 3. The summed E-state index contributed by atoms with van der Waals surface area (Å²) in [6.07, 6.45) is 2.71. The minimum atomic E-state index is -1.46. The molecule has 4 aromatic rings. The SMILES string of the molecule is COc1cccc(F)c1-c1c(Cl)cc2c(N3CCN(c4c(F)c(F)c(SC)c(F)c4F)C[C@@H]3C)ccnc2c1F. The van der Waals surface area contributed by atoms with Gasteiger partial charge < -0.3 is 14.5 Å². The van der Waals surface area contributed by atoms with Gasteiger partial charge in [-0.05, 0) is 37.4 Å². The van der Waals surface area contributed by atoms with E-state index in [-0.39, 0.29) is 47.1 Å². The molecule has 0 amide bonds. The molecule has 1 saturated heterocycles. The van der Waals surface area contributed by atoms with Crippen molar-refractivity contribution in [3.8, 4) is 16.9 Å². The summed E-state index contributed by atoms with van der Waals surface area (Å²) in [6.45, 7) is 1.96. The van der Waals surface area contributed by atoms with E-state index in [0.717, 1.165) is 0 Å². The molecule has 40 heavy (non-hydrogen) atoms. The summed E-state index contributed by atoms with van der Waals surface area (Å²) in [5.41, 5.74) is -0.641. The number of hydrogen-bond donors (Lipinski definition) is 0. The van der Waals surface area contributed by atoms with Crippen LogP contribution in [0.1, 0.15) is 6.92 Å². The van der Waals surface area contributed by atoms with Crippen molar-refractivity contribution in [3.63, 3.8) is 0 Å². The Morgan fingerprint density at radius 3 is 2.27 bits per heavy atom. The molecule has 4 nitrogen and oxygen atoms in total. The molecule has 1 atom stereocenters. The lowest BCUT2D eigenvalue weighted by atomic mass is 9.99. The molecule has 1 fully saturated rings. The summed E-state index contributed by atoms with van der Waals surface area (Å²) in [5, 5.41) is 0.265. The number of hydrogen-bond acceptors (Lipinski definition) is 5. The monoisotopic (exact) mass is 597 g/mol. The van der Waals surface area contributed by atoms with Crippen molar-refractivity contribution in [1.82, 2.24) is 4.98 Å². The van der Waals surface area contributed by atoms with Crippen molar-refractivity contribution in [2.45, 2.75) is 17.9 Å². The van der Waals surface area contributed by atoms with E-state index in [1.165, 1.54) is 48.7 Å². The maximum absolute atomic E-state index is 15.9. The van der Waals surface area contributed by atoms with E-state index in [0.29, 0.717) is 22.8 Å². The van der Waals surface area contributed by atoms with Gasteiger partial charge in [0, 0.05) is 48.5 Å². The zero-order chi connectivity index (χ0) is 28.9. The van der Waals surface area contributed by atoms with Gasteiger partial charge in [0.05, 0.1) is 22.6 Å². The van der Waals surface area contributed by atoms with Gasteiger partial charge in [-0.3, -0.25) is 4.98 Å². The zero-order valence-corrected chi connectivity index (χ0v) is 23.0. The van der Waals surface area contributed by atoms with Crippen molar-refractivity contribution in [1.29, 1.82) is 0 Å². The third-order valence-corrected chi connectivity index (χ3v) is 8.07. The largest absolute Gasteiger partial charge is 0.496 e. The minimum absolute atomic E-state index is 0.00980. The highest BCUT2D eigenvalue weighted by Crippen LogP contribution is 2.43. The first-order valence-corrected chi connectivity index (χ1v) is 13.7. The lowest BCUT2D eigenvalue weighted by Crippen LogP contribution is -2.52. The molecule has 5 rings (SSSR count). The van der Waals surface area contributed by atoms with Gasteiger partial charge in [0.25, 0.3) is 0 Å². The Bertz CT molecular complexity index is 1610. The first kappa shape index (κ1) is 28.2. The lowest BCUT2D eigenvalue weighted by Gasteiger charge is -2.42. The van der Waals surface area contributed by atoms with Crippen molar-refractivity contribution >= 4 is 45.6 Å². The van der Waals surface area contributed by atoms with E-state index in [1.54, 1.807) is 13.0 Å². The summed E-state index contributed by atoms with van der Waals surface area (Å²) < 4.78 is 94.5. The van der Waals surface area contributed by atoms with E-state index in [1.807, 2.05) is 4.90 Å². The smallest absolute Gasteiger partial charge is 0.186 e. The third kappa shape index (κ3) is 4.49. The lowest BCUT2D eigenvalue weighted by molar-refractivity contribution is 0.413. The van der Waals surface area contributed by atoms with Crippen molar-refractivity contribution in [3.05, 3.63) is 76.5 Å². The Morgan fingerprint density at radius 1 is 0.950 bits per heavy atom. The number of aromatic nitrogens is 1. The average Bonchev–Trinajstić information content (AvgIpc) is 2.93. The van der Waals surface area contributed by atoms with Gasteiger partial charge in [-0.25, -0.2) is 26.3 Å². The van der Waals surface area contributed by atoms with Gasteiger partial charge in [-0.2, -0.15) is 0 Å². The van der Waals surface area contributed by atoms with Crippen LogP contribution in [-0.4, -0.2) is 44.0 Å². The van der Waals surface area contributed by atoms with Crippen molar-refractivity contribution in [2.24, 2.45) is 0 Å². The van der Waals surface area contributed by atoms with Crippen LogP contribution >= 0.6 is 23.4 Å². The predicted octanol–water partition coefficient (Wildman–Crippen LogP) is 7.84. The van der Waals surface area contributed by atoms with E-state index in [9.17, 15) is 22.0 Å². The fourth-order valence-electron chi connectivity index (χ4n) is 5.17. The predicted molar refractivity (Wildman–Crippen MR) is 146 cm³/mol. The number of piperazine rings is 1. The number of rotatable bonds is 5. The molecule has 12 heteroatoms. The quantitative estimate of drug-likeness (QED) is 0.133. The number of ether oxygens (including phenoxy) is 1. The molecule has 0 N–H and O–H groups in total. The normalized spacial score (nSPS) is 15.7. The molecule has 3 aromatic carbocycles. The number of fused-ring (bicyclic) bond motifs is 1. The highest BCUT2D eigenvalue weighted by molar-refractivity contribution is 7.98. The Balaban J connectivity index is 1.54. The number of nitrogens with zero attached hydrogens (tertiary/aromatic N) is 3. The molecule has 1 aliphatic rings. The van der Waals surface area contributed by atoms with Gasteiger partial charge in [0.2, 0.25) is 0 Å². The van der Waals surface area contributed by atoms with E-state index in [2.05, 4.69) is 4.98 Å². The Labute approximate surface area is 235 Å². The summed E-state index contributed by atoms with van der Waals surface area (Å²) >= 11 is 7.09. The maximum atomic E-state index is 15.9. The Morgan fingerprint density at radius 2 is 1.65 bits per heavy atom. The number of thioether (sulfide) groups is 1. The summed E-state index contributed by atoms with van der Waals surface area (Å²) in [4.78, 5) is 6.57. The third-order valence-electron chi connectivity index (χ3n) is 7.01. The molecule has 1 aliphatic heterocycles. The van der Waals surface area contributed by atoms with Crippen LogP contribution in [0.15, 0.2) is 41.4 Å². The van der Waals surface area contributed by atoms with E-state index < -0.39 is 51.5 Å². The fourth-order valence-corrected chi connectivity index (χ4v) is 6.00. The number of halogens is 7. The van der Waals surface area contributed by atoms with Crippen LogP contribution < -0.4 is 14.5 Å². The molecule has 0 bridgehead atoms. The summed E-state index contributed by atoms with van der Waals surface area (Å²) in [6, 6.07) is 6.77. The van der Waals surface area contributed by atoms with Crippen molar-refractivity contribution in [2.75, 3.05) is 42.8 Å². The molecular weight excluding hydrogens is 576 g/mol. The second kappa shape index (κ2) is 10.9. The van der Waals surface area contributed by atoms with Crippen molar-refractivity contribution < 1.29 is 31.1 Å². The van der Waals surface area contributed by atoms with Crippen LogP contribution in [0.5, 0.6) is 5.75 Å². The topological polar surface area (TPSA) is 28.6 Å². The molecule has 0 aliphatic carbocycles. The fraction of sp³-hybridized carbons (Fsp3) is 0.250. The van der Waals surface area contributed by atoms with Gasteiger partial charge in [-0.15, -0.1) is 11.8 Å². The van der Waals surface area contributed by atoms with E-state index >= 15 is 4.39 Å². The first-order chi connectivity index (χ1) is 19.1. The molecule has 0 unspecified atom stereocenters. The molecule has 0 spiro atoms. The zero-order valence-electron chi connectivity index (χ0n) is 21.5. The average molecular weight is 598 g/mol. The van der Waals surface area contributed by atoms with Gasteiger partial charge in [-0.1, -0.05) is 17.7 Å². The molecular formula is C28H22ClF6N3OS. The molecule has 1 aromatic heterocycles. The second-order valence-electron chi connectivity index (χ2n) is 9.22. The molecule has 0 saturated carbocycles. The number of anilines is 2. The highest BCUT2D eigenvalue weighted by Gasteiger charge is 2.33. The van der Waals surface area contributed by atoms with Crippen LogP contribution in [0, 0.1) is 34.9 Å². The van der Waals surface area contributed by atoms with Gasteiger partial charge >= 0.3 is 0 Å². The summed E-state index contributed by atoms with van der Waals surface area (Å²) in [7, 11) is 1.33. The second-order valence-corrected chi connectivity index (χ2v) is 10.4. The highest BCUT2D eigenvalue weighted by atomic mass is 35.5. The van der Waals surface area contributed by atoms with E-state index in [4.69, 9.17) is 16.3 Å². The molecule has 0 radical (unpaired) electrons. The minimum Gasteiger partial charge on any atom is -0.496 e. The van der Waals surface area contributed by atoms with Crippen LogP contribution in [0.3, 0.4) is 0 Å². The van der Waals surface area contributed by atoms with Crippen LogP contribution in [0.25, 0.3) is 22.0 Å². The first-order valence-electron chi connectivity index (χ1n) is 12.1. The standard InChI is InChI=1S/C28H22ClF6N3OS/c1-13-12-37(27-22(32)24(34)28(40-3)25(35)23(27)33)9-10-38(13)17-7-8-36-26-14(17)11-15(29)19(21(26)31)20-16(30)5-4-6-18(20)39-2/h4-8,11,13H,9-10,12H2,1-3H3/t13-/m0/s1. The van der Waals surface area contributed by atoms with Crippen LogP contribution in [-0.2, 0) is 0 Å². The maximum Gasteiger partial charge on any atom is 0.186 e. The number of pyridine rings is 1. The van der Waals surface area contributed by atoms with Crippen LogP contribution in [0.4, 0.5) is 37.7 Å². The van der Waals surface area contributed by atoms with Gasteiger partial charge in [0.1, 0.15) is 22.8 Å². The Kier molecular flexibility index (Phi) is 7.71. The van der Waals surface area contributed by atoms with Gasteiger partial charge in [0.15, 0.2) is 29.1 Å². The molecule has 2 heterocycles. The molecule has 210 valence electrons. The summed E-state index contributed by atoms with van der Waals surface area (Å²) in [5.74, 6) is -7.26. The Hall–Kier alpha value is -3.31.